The first kappa shape index (κ1) is 13.6. The van der Waals surface area contributed by atoms with Gasteiger partial charge >= 0.3 is 7.60 Å². The van der Waals surface area contributed by atoms with Gasteiger partial charge in [-0.05, 0) is 26.3 Å². The highest BCUT2D eigenvalue weighted by atomic mass is 31.2. The Hall–Kier alpha value is -0.440. The molecule has 0 aliphatic rings. The van der Waals surface area contributed by atoms with E-state index in [9.17, 15) is 9.36 Å². The van der Waals surface area contributed by atoms with Gasteiger partial charge in [0.05, 0.1) is 0 Å². The van der Waals surface area contributed by atoms with Gasteiger partial charge in [0.1, 0.15) is 6.16 Å². The van der Waals surface area contributed by atoms with Crippen molar-refractivity contribution in [2.75, 3.05) is 20.4 Å². The molecule has 5 heteroatoms. The van der Waals surface area contributed by atoms with E-state index in [1.54, 1.807) is 6.92 Å². The zero-order valence-corrected chi connectivity index (χ0v) is 10.2. The minimum atomic E-state index is -3.21. The molecule has 0 N–H and O–H groups in total. The van der Waals surface area contributed by atoms with E-state index < -0.39 is 7.60 Å². The van der Waals surface area contributed by atoms with Crippen molar-refractivity contribution in [1.29, 1.82) is 0 Å². The number of Topliss-reactive ketones (excluding diaryl/α,β-unsaturated/α-hetero) is 1. The first-order valence-corrected chi connectivity index (χ1v) is 5.97. The third-order valence-electron chi connectivity index (χ3n) is 2.06. The molecule has 0 amide bonds. The second kappa shape index (κ2) is 5.44. The van der Waals surface area contributed by atoms with Crippen molar-refractivity contribution in [1.82, 2.24) is 0 Å². The van der Waals surface area contributed by atoms with Crippen LogP contribution in [0.25, 0.3) is 0 Å². The van der Waals surface area contributed by atoms with E-state index in [4.69, 9.17) is 0 Å². The van der Waals surface area contributed by atoms with Crippen LogP contribution in [0.5, 0.6) is 0 Å². The molecule has 0 unspecified atom stereocenters. The average molecular weight is 220 g/mol. The predicted octanol–water partition coefficient (Wildman–Crippen LogP) is 2.40. The molecule has 0 heterocycles. The van der Waals surface area contributed by atoms with Gasteiger partial charge in [0, 0.05) is 14.2 Å². The fraction of sp³-hybridized carbons (Fsp3) is 0.667. The lowest BCUT2D eigenvalue weighted by molar-refractivity contribution is -0.113. The van der Waals surface area contributed by atoms with Crippen LogP contribution in [0.3, 0.4) is 0 Å². The Balaban J connectivity index is 4.63. The lowest BCUT2D eigenvalue weighted by atomic mass is 10.1. The maximum atomic E-state index is 11.6. The van der Waals surface area contributed by atoms with E-state index >= 15 is 0 Å². The Morgan fingerprint density at radius 2 is 1.57 bits per heavy atom. The normalized spacial score (nSPS) is 11.2. The van der Waals surface area contributed by atoms with Crippen molar-refractivity contribution >= 4 is 13.4 Å². The van der Waals surface area contributed by atoms with Gasteiger partial charge in [0.15, 0.2) is 5.78 Å². The quantitative estimate of drug-likeness (QED) is 0.527. The smallest absolute Gasteiger partial charge is 0.312 e. The SMILES string of the molecule is COP(=O)(CC(=O)C(C)=C(C)C)OC. The summed E-state index contributed by atoms with van der Waals surface area (Å²) in [5, 5.41) is 0. The number of allylic oxidation sites excluding steroid dienone is 2. The van der Waals surface area contributed by atoms with Crippen LogP contribution in [0.15, 0.2) is 11.1 Å². The molecule has 82 valence electrons. The number of carbonyl (C=O) groups is 1. The molecular weight excluding hydrogens is 203 g/mol. The molecule has 0 fully saturated rings. The number of hydrogen-bond acceptors (Lipinski definition) is 4. The van der Waals surface area contributed by atoms with E-state index in [0.717, 1.165) is 5.57 Å². The molecule has 0 aromatic carbocycles. The second-order valence-electron chi connectivity index (χ2n) is 3.18. The minimum Gasteiger partial charge on any atom is -0.312 e. The van der Waals surface area contributed by atoms with Crippen LogP contribution in [-0.2, 0) is 18.4 Å². The highest BCUT2D eigenvalue weighted by Crippen LogP contribution is 2.46. The van der Waals surface area contributed by atoms with Gasteiger partial charge < -0.3 is 9.05 Å². The number of hydrogen-bond donors (Lipinski definition) is 0. The molecule has 0 aromatic rings. The van der Waals surface area contributed by atoms with Gasteiger partial charge in [-0.25, -0.2) is 0 Å². The number of rotatable bonds is 5. The van der Waals surface area contributed by atoms with Crippen molar-refractivity contribution in [3.63, 3.8) is 0 Å². The molecule has 0 saturated heterocycles. The summed E-state index contributed by atoms with van der Waals surface area (Å²) in [7, 11) is -0.668. The van der Waals surface area contributed by atoms with Crippen LogP contribution in [0.1, 0.15) is 20.8 Å². The van der Waals surface area contributed by atoms with Crippen molar-refractivity contribution < 1.29 is 18.4 Å². The molecule has 14 heavy (non-hydrogen) atoms. The first-order chi connectivity index (χ1) is 6.36. The summed E-state index contributed by atoms with van der Waals surface area (Å²) >= 11 is 0. The van der Waals surface area contributed by atoms with E-state index in [-0.39, 0.29) is 11.9 Å². The average Bonchev–Trinajstić information content (AvgIpc) is 2.16. The van der Waals surface area contributed by atoms with Crippen LogP contribution in [0.2, 0.25) is 0 Å². The van der Waals surface area contributed by atoms with Crippen molar-refractivity contribution in [2.45, 2.75) is 20.8 Å². The van der Waals surface area contributed by atoms with Gasteiger partial charge in [-0.15, -0.1) is 0 Å². The summed E-state index contributed by atoms with van der Waals surface area (Å²) in [5.41, 5.74) is 1.52. The Labute approximate surface area is 84.8 Å². The van der Waals surface area contributed by atoms with Crippen molar-refractivity contribution in [3.05, 3.63) is 11.1 Å². The molecule has 0 aliphatic heterocycles. The highest BCUT2D eigenvalue weighted by Gasteiger charge is 2.26. The summed E-state index contributed by atoms with van der Waals surface area (Å²) in [6.07, 6.45) is -0.197. The molecular formula is C9H17O4P. The Bertz CT molecular complexity index is 281. The van der Waals surface area contributed by atoms with Crippen LogP contribution >= 0.6 is 7.60 Å². The highest BCUT2D eigenvalue weighted by molar-refractivity contribution is 7.54. The third kappa shape index (κ3) is 3.74. The molecule has 0 aromatic heterocycles. The first-order valence-electron chi connectivity index (χ1n) is 4.24. The van der Waals surface area contributed by atoms with Gasteiger partial charge in [-0.3, -0.25) is 9.36 Å². The fourth-order valence-corrected chi connectivity index (χ4v) is 1.77. The fourth-order valence-electron chi connectivity index (χ4n) is 0.777. The van der Waals surface area contributed by atoms with Gasteiger partial charge in [-0.2, -0.15) is 0 Å². The van der Waals surface area contributed by atoms with Gasteiger partial charge in [-0.1, -0.05) is 5.57 Å². The predicted molar refractivity (Wildman–Crippen MR) is 55.5 cm³/mol. The van der Waals surface area contributed by atoms with Crippen molar-refractivity contribution in [3.8, 4) is 0 Å². The molecule has 0 saturated carbocycles. The van der Waals surface area contributed by atoms with Crippen LogP contribution < -0.4 is 0 Å². The van der Waals surface area contributed by atoms with E-state index in [2.05, 4.69) is 9.05 Å². The van der Waals surface area contributed by atoms with E-state index in [1.165, 1.54) is 14.2 Å². The largest absolute Gasteiger partial charge is 0.337 e. The van der Waals surface area contributed by atoms with Crippen LogP contribution in [0, 0.1) is 0 Å². The second-order valence-corrected chi connectivity index (χ2v) is 5.45. The zero-order valence-electron chi connectivity index (χ0n) is 9.29. The summed E-state index contributed by atoms with van der Waals surface area (Å²) < 4.78 is 21.0. The summed E-state index contributed by atoms with van der Waals surface area (Å²) in [4.78, 5) is 11.5. The number of ketones is 1. The van der Waals surface area contributed by atoms with Gasteiger partial charge in [0.2, 0.25) is 0 Å². The maximum absolute atomic E-state index is 11.6. The zero-order chi connectivity index (χ0) is 11.4. The molecule has 0 radical (unpaired) electrons. The molecule has 0 spiro atoms. The standard InChI is InChI=1S/C9H17O4P/c1-7(2)8(3)9(10)6-14(11,12-4)13-5/h6H2,1-5H3. The van der Waals surface area contributed by atoms with E-state index in [1.807, 2.05) is 13.8 Å². The monoisotopic (exact) mass is 220 g/mol. The topological polar surface area (TPSA) is 52.6 Å². The molecule has 0 rings (SSSR count). The summed E-state index contributed by atoms with van der Waals surface area (Å²) in [6.45, 7) is 5.36. The van der Waals surface area contributed by atoms with Gasteiger partial charge in [0.25, 0.3) is 0 Å². The maximum Gasteiger partial charge on any atom is 0.337 e. The van der Waals surface area contributed by atoms with E-state index in [0.29, 0.717) is 5.57 Å². The Morgan fingerprint density at radius 3 is 1.86 bits per heavy atom. The number of carbonyl (C=O) groups excluding carboxylic acids is 1. The molecule has 0 atom stereocenters. The minimum absolute atomic E-state index is 0.197. The molecule has 0 bridgehead atoms. The van der Waals surface area contributed by atoms with Crippen LogP contribution in [0.4, 0.5) is 0 Å². The Kier molecular flexibility index (Phi) is 5.27. The summed E-state index contributed by atoms with van der Waals surface area (Å²) in [6, 6.07) is 0. The molecule has 4 nitrogen and oxygen atoms in total. The molecule has 0 aliphatic carbocycles. The lowest BCUT2D eigenvalue weighted by Gasteiger charge is -2.12. The van der Waals surface area contributed by atoms with Crippen molar-refractivity contribution in [2.24, 2.45) is 0 Å². The lowest BCUT2D eigenvalue weighted by Crippen LogP contribution is -2.09. The van der Waals surface area contributed by atoms with Crippen LogP contribution in [-0.4, -0.2) is 26.2 Å². The third-order valence-corrected chi connectivity index (χ3v) is 3.85. The Morgan fingerprint density at radius 1 is 1.14 bits per heavy atom. The summed E-state index contributed by atoms with van der Waals surface area (Å²) in [5.74, 6) is -0.197.